The van der Waals surface area contributed by atoms with E-state index in [0.29, 0.717) is 29.0 Å². The van der Waals surface area contributed by atoms with Crippen LogP contribution in [0.15, 0.2) is 47.4 Å². The van der Waals surface area contributed by atoms with Crippen LogP contribution in [0.5, 0.6) is 0 Å². The number of anilines is 1. The molecule has 1 heterocycles. The van der Waals surface area contributed by atoms with E-state index in [1.807, 2.05) is 0 Å². The van der Waals surface area contributed by atoms with Gasteiger partial charge in [0, 0.05) is 22.6 Å². The number of Topliss-reactive ketones (excluding diaryl/α,β-unsaturated/α-hetero) is 1. The average molecular weight is 365 g/mol. The Morgan fingerprint density at radius 1 is 1.12 bits per heavy atom. The molecule has 1 aliphatic heterocycles. The van der Waals surface area contributed by atoms with Gasteiger partial charge in [0.2, 0.25) is 5.91 Å². The number of nitrogens with one attached hydrogen (secondary N) is 1. The first-order chi connectivity index (χ1) is 11.8. The highest BCUT2D eigenvalue weighted by Gasteiger charge is 2.30. The van der Waals surface area contributed by atoms with Crippen LogP contribution in [0, 0.1) is 0 Å². The lowest BCUT2D eigenvalue weighted by Crippen LogP contribution is -2.19. The van der Waals surface area contributed by atoms with Crippen LogP contribution in [-0.4, -0.2) is 17.4 Å². The van der Waals surface area contributed by atoms with Gasteiger partial charge in [0.05, 0.1) is 11.3 Å². The fourth-order valence-corrected chi connectivity index (χ4v) is 3.40. The molecule has 0 unspecified atom stereocenters. The summed E-state index contributed by atoms with van der Waals surface area (Å²) < 4.78 is 38.1. The quantitative estimate of drug-likeness (QED) is 0.638. The molecule has 2 aromatic carbocycles. The van der Waals surface area contributed by atoms with E-state index >= 15 is 0 Å². The van der Waals surface area contributed by atoms with Crippen molar-refractivity contribution in [3.05, 3.63) is 59.2 Å². The SMILES string of the molecule is O=C1CCc2cc(C(=O)CSc3cccc(C(F)(F)F)c3)ccc2N1. The lowest BCUT2D eigenvalue weighted by molar-refractivity contribution is -0.137. The number of aryl methyl sites for hydroxylation is 1. The van der Waals surface area contributed by atoms with E-state index in [1.54, 1.807) is 24.3 Å². The predicted octanol–water partition coefficient (Wildman–Crippen LogP) is 4.57. The van der Waals surface area contributed by atoms with E-state index < -0.39 is 11.7 Å². The number of ketones is 1. The Labute approximate surface area is 146 Å². The van der Waals surface area contributed by atoms with E-state index in [9.17, 15) is 22.8 Å². The lowest BCUT2D eigenvalue weighted by atomic mass is 9.99. The van der Waals surface area contributed by atoms with Crippen molar-refractivity contribution in [2.45, 2.75) is 23.9 Å². The number of amides is 1. The number of thioether (sulfide) groups is 1. The Kier molecular flexibility index (Phi) is 4.85. The van der Waals surface area contributed by atoms with Gasteiger partial charge in [-0.2, -0.15) is 13.2 Å². The molecule has 1 aliphatic rings. The molecule has 2 aromatic rings. The zero-order valence-corrected chi connectivity index (χ0v) is 13.8. The zero-order chi connectivity index (χ0) is 18.0. The van der Waals surface area contributed by atoms with Gasteiger partial charge >= 0.3 is 6.18 Å². The van der Waals surface area contributed by atoms with Gasteiger partial charge in [0.1, 0.15) is 0 Å². The molecule has 0 spiro atoms. The molecule has 0 atom stereocenters. The second-order valence-electron chi connectivity index (χ2n) is 5.66. The third-order valence-corrected chi connectivity index (χ3v) is 4.85. The number of hydrogen-bond acceptors (Lipinski definition) is 3. The number of halogens is 3. The summed E-state index contributed by atoms with van der Waals surface area (Å²) >= 11 is 1.07. The Balaban J connectivity index is 1.68. The molecule has 0 aromatic heterocycles. The van der Waals surface area contributed by atoms with Gasteiger partial charge in [-0.05, 0) is 48.4 Å². The Morgan fingerprint density at radius 3 is 2.68 bits per heavy atom. The van der Waals surface area contributed by atoms with Gasteiger partial charge < -0.3 is 5.32 Å². The minimum atomic E-state index is -4.40. The van der Waals surface area contributed by atoms with Crippen LogP contribution in [0.25, 0.3) is 0 Å². The van der Waals surface area contributed by atoms with Crippen molar-refractivity contribution in [3.8, 4) is 0 Å². The van der Waals surface area contributed by atoms with Crippen molar-refractivity contribution in [3.63, 3.8) is 0 Å². The molecule has 1 amide bonds. The minimum Gasteiger partial charge on any atom is -0.326 e. The smallest absolute Gasteiger partial charge is 0.326 e. The van der Waals surface area contributed by atoms with E-state index in [2.05, 4.69) is 5.32 Å². The molecule has 0 saturated heterocycles. The van der Waals surface area contributed by atoms with Gasteiger partial charge in [-0.15, -0.1) is 11.8 Å². The molecular formula is C18H14F3NO2S. The number of carbonyl (C=O) groups excluding carboxylic acids is 2. The normalized spacial score (nSPS) is 14.0. The van der Waals surface area contributed by atoms with Gasteiger partial charge in [0.25, 0.3) is 0 Å². The van der Waals surface area contributed by atoms with Gasteiger partial charge in [-0.1, -0.05) is 6.07 Å². The Hall–Kier alpha value is -2.28. The van der Waals surface area contributed by atoms with Crippen LogP contribution in [0.1, 0.15) is 27.9 Å². The van der Waals surface area contributed by atoms with Crippen LogP contribution in [0.4, 0.5) is 18.9 Å². The Morgan fingerprint density at radius 2 is 1.92 bits per heavy atom. The van der Waals surface area contributed by atoms with Crippen molar-refractivity contribution >= 4 is 29.1 Å². The fourth-order valence-electron chi connectivity index (χ4n) is 2.55. The maximum Gasteiger partial charge on any atom is 0.416 e. The van der Waals surface area contributed by atoms with Crippen molar-refractivity contribution in [1.82, 2.24) is 0 Å². The maximum absolute atomic E-state index is 12.7. The number of benzene rings is 2. The maximum atomic E-state index is 12.7. The van der Waals surface area contributed by atoms with Crippen LogP contribution in [0.2, 0.25) is 0 Å². The second kappa shape index (κ2) is 6.92. The highest BCUT2D eigenvalue weighted by atomic mass is 32.2. The summed E-state index contributed by atoms with van der Waals surface area (Å²) in [6.45, 7) is 0. The number of carbonyl (C=O) groups is 2. The first-order valence-corrected chi connectivity index (χ1v) is 8.57. The number of hydrogen-bond donors (Lipinski definition) is 1. The molecule has 25 heavy (non-hydrogen) atoms. The van der Waals surface area contributed by atoms with Crippen molar-refractivity contribution in [2.24, 2.45) is 0 Å². The first-order valence-electron chi connectivity index (χ1n) is 7.59. The summed E-state index contributed by atoms with van der Waals surface area (Å²) in [5.41, 5.74) is 1.37. The topological polar surface area (TPSA) is 46.2 Å². The van der Waals surface area contributed by atoms with Crippen LogP contribution in [-0.2, 0) is 17.4 Å². The standard InChI is InChI=1S/C18H14F3NO2S/c19-18(20,21)13-2-1-3-14(9-13)25-10-16(23)12-4-6-15-11(8-12)5-7-17(24)22-15/h1-4,6,8-9H,5,7,10H2,(H,22,24). The predicted molar refractivity (Wildman–Crippen MR) is 89.9 cm³/mol. The highest BCUT2D eigenvalue weighted by Crippen LogP contribution is 2.32. The highest BCUT2D eigenvalue weighted by molar-refractivity contribution is 8.00. The number of fused-ring (bicyclic) bond motifs is 1. The first kappa shape index (κ1) is 17.5. The Bertz CT molecular complexity index is 833. The van der Waals surface area contributed by atoms with E-state index in [1.165, 1.54) is 6.07 Å². The molecule has 3 rings (SSSR count). The summed E-state index contributed by atoms with van der Waals surface area (Å²) in [4.78, 5) is 24.1. The molecule has 0 aliphatic carbocycles. The molecule has 0 radical (unpaired) electrons. The molecule has 0 bridgehead atoms. The monoisotopic (exact) mass is 365 g/mol. The van der Waals surface area contributed by atoms with Gasteiger partial charge in [0.15, 0.2) is 5.78 Å². The van der Waals surface area contributed by atoms with E-state index in [0.717, 1.165) is 29.5 Å². The number of alkyl halides is 3. The van der Waals surface area contributed by atoms with Crippen LogP contribution >= 0.6 is 11.8 Å². The van der Waals surface area contributed by atoms with Crippen LogP contribution in [0.3, 0.4) is 0 Å². The second-order valence-corrected chi connectivity index (χ2v) is 6.71. The molecule has 3 nitrogen and oxygen atoms in total. The molecule has 0 saturated carbocycles. The molecule has 1 N–H and O–H groups in total. The largest absolute Gasteiger partial charge is 0.416 e. The van der Waals surface area contributed by atoms with Crippen molar-refractivity contribution in [2.75, 3.05) is 11.1 Å². The van der Waals surface area contributed by atoms with Gasteiger partial charge in [-0.3, -0.25) is 9.59 Å². The summed E-state index contributed by atoms with van der Waals surface area (Å²) in [7, 11) is 0. The van der Waals surface area contributed by atoms with E-state index in [4.69, 9.17) is 0 Å². The molecular weight excluding hydrogens is 351 g/mol. The molecule has 0 fully saturated rings. The minimum absolute atomic E-state index is 0.0481. The summed E-state index contributed by atoms with van der Waals surface area (Å²) in [6.07, 6.45) is -3.45. The van der Waals surface area contributed by atoms with Gasteiger partial charge in [-0.25, -0.2) is 0 Å². The lowest BCUT2D eigenvalue weighted by Gasteiger charge is -2.17. The fraction of sp³-hybridized carbons (Fsp3) is 0.222. The summed E-state index contributed by atoms with van der Waals surface area (Å²) in [6, 6.07) is 9.98. The third-order valence-electron chi connectivity index (χ3n) is 3.85. The zero-order valence-electron chi connectivity index (χ0n) is 13.0. The molecule has 7 heteroatoms. The summed E-state index contributed by atoms with van der Waals surface area (Å²) in [5.74, 6) is -0.166. The van der Waals surface area contributed by atoms with Crippen LogP contribution < -0.4 is 5.32 Å². The summed E-state index contributed by atoms with van der Waals surface area (Å²) in [5, 5.41) is 2.74. The third kappa shape index (κ3) is 4.22. The molecule has 130 valence electrons. The average Bonchev–Trinajstić information content (AvgIpc) is 2.58. The van der Waals surface area contributed by atoms with Crippen molar-refractivity contribution in [1.29, 1.82) is 0 Å². The van der Waals surface area contributed by atoms with E-state index in [-0.39, 0.29) is 17.4 Å². The van der Waals surface area contributed by atoms with Crippen molar-refractivity contribution < 1.29 is 22.8 Å². The number of rotatable bonds is 4.